The SMILES string of the molecule is C.NC(c1ccccc1)C1CCCCC1.ON=C(c1ccccc1)C1CCCCC1. The van der Waals surface area contributed by atoms with Crippen molar-refractivity contribution in [1.82, 2.24) is 0 Å². The molecule has 0 spiro atoms. The normalized spacial score (nSPS) is 19.2. The number of nitrogens with zero attached hydrogens (tertiary/aromatic N) is 1. The van der Waals surface area contributed by atoms with Crippen LogP contribution in [0.25, 0.3) is 0 Å². The van der Waals surface area contributed by atoms with Crippen LogP contribution in [-0.4, -0.2) is 10.9 Å². The molecule has 1 unspecified atom stereocenters. The largest absolute Gasteiger partial charge is 0.411 e. The van der Waals surface area contributed by atoms with Crippen LogP contribution in [-0.2, 0) is 0 Å². The van der Waals surface area contributed by atoms with Gasteiger partial charge in [-0.25, -0.2) is 0 Å². The first kappa shape index (κ1) is 24.1. The highest BCUT2D eigenvalue weighted by atomic mass is 16.4. The predicted molar refractivity (Wildman–Crippen MR) is 128 cm³/mol. The Morgan fingerprint density at radius 2 is 1.27 bits per heavy atom. The Balaban J connectivity index is 0.000000207. The lowest BCUT2D eigenvalue weighted by atomic mass is 9.82. The third-order valence-electron chi connectivity index (χ3n) is 6.51. The van der Waals surface area contributed by atoms with Gasteiger partial charge in [0, 0.05) is 12.0 Å². The van der Waals surface area contributed by atoms with Gasteiger partial charge in [-0.2, -0.15) is 0 Å². The maximum Gasteiger partial charge on any atom is 0.0898 e. The highest BCUT2D eigenvalue weighted by Gasteiger charge is 2.22. The molecule has 3 N–H and O–H groups in total. The number of oxime groups is 1. The van der Waals surface area contributed by atoms with E-state index in [0.717, 1.165) is 24.1 Å². The van der Waals surface area contributed by atoms with Gasteiger partial charge in [0.2, 0.25) is 0 Å². The summed E-state index contributed by atoms with van der Waals surface area (Å²) in [5, 5.41) is 12.6. The van der Waals surface area contributed by atoms with E-state index in [1.807, 2.05) is 30.3 Å². The van der Waals surface area contributed by atoms with E-state index in [2.05, 4.69) is 35.5 Å². The predicted octanol–water partition coefficient (Wildman–Crippen LogP) is 7.35. The van der Waals surface area contributed by atoms with Crippen molar-refractivity contribution >= 4 is 5.71 Å². The van der Waals surface area contributed by atoms with E-state index in [-0.39, 0.29) is 13.5 Å². The van der Waals surface area contributed by atoms with Crippen molar-refractivity contribution < 1.29 is 5.21 Å². The molecule has 164 valence electrons. The van der Waals surface area contributed by atoms with Crippen molar-refractivity contribution in [3.8, 4) is 0 Å². The van der Waals surface area contributed by atoms with Crippen LogP contribution < -0.4 is 5.73 Å². The summed E-state index contributed by atoms with van der Waals surface area (Å²) < 4.78 is 0. The first-order chi connectivity index (χ1) is 14.3. The summed E-state index contributed by atoms with van der Waals surface area (Å²) in [5.74, 6) is 1.16. The van der Waals surface area contributed by atoms with E-state index in [9.17, 15) is 0 Å². The van der Waals surface area contributed by atoms with Crippen LogP contribution in [0.1, 0.15) is 88.8 Å². The summed E-state index contributed by atoms with van der Waals surface area (Å²) >= 11 is 0. The third-order valence-corrected chi connectivity index (χ3v) is 6.51. The minimum absolute atomic E-state index is 0. The van der Waals surface area contributed by atoms with Gasteiger partial charge in [-0.1, -0.05) is 112 Å². The first-order valence-corrected chi connectivity index (χ1v) is 11.4. The fraction of sp³-hybridized carbons (Fsp3) is 0.519. The minimum Gasteiger partial charge on any atom is -0.411 e. The zero-order valence-corrected chi connectivity index (χ0v) is 17.5. The standard InChI is InChI=1S/C13H17NO.C13H19N.CH4/c15-14-13(11-7-3-1-4-8-11)12-9-5-2-6-10-12;14-13(11-7-3-1-4-8-11)12-9-5-2-6-10-12;/h1,3-4,7-8,12,15H,2,5-6,9-10H2;1,3-4,7-8,12-13H,2,5-6,9-10,14H2;1H4. The molecule has 2 aliphatic rings. The van der Waals surface area contributed by atoms with Gasteiger partial charge in [0.05, 0.1) is 5.71 Å². The van der Waals surface area contributed by atoms with Gasteiger partial charge >= 0.3 is 0 Å². The maximum absolute atomic E-state index is 9.12. The molecule has 3 heteroatoms. The molecule has 4 rings (SSSR count). The smallest absolute Gasteiger partial charge is 0.0898 e. The lowest BCUT2D eigenvalue weighted by Crippen LogP contribution is -2.23. The van der Waals surface area contributed by atoms with E-state index < -0.39 is 0 Å². The van der Waals surface area contributed by atoms with Gasteiger partial charge in [-0.05, 0) is 42.7 Å². The van der Waals surface area contributed by atoms with Gasteiger partial charge in [-0.3, -0.25) is 0 Å². The summed E-state index contributed by atoms with van der Waals surface area (Å²) in [4.78, 5) is 0. The Kier molecular flexibility index (Phi) is 10.6. The molecule has 3 nitrogen and oxygen atoms in total. The molecule has 2 aromatic carbocycles. The zero-order chi connectivity index (χ0) is 20.3. The average Bonchev–Trinajstić information content (AvgIpc) is 2.82. The fourth-order valence-electron chi connectivity index (χ4n) is 4.80. The fourth-order valence-corrected chi connectivity index (χ4v) is 4.80. The topological polar surface area (TPSA) is 58.6 Å². The monoisotopic (exact) mass is 408 g/mol. The zero-order valence-electron chi connectivity index (χ0n) is 17.5. The van der Waals surface area contributed by atoms with Crippen LogP contribution in [0, 0.1) is 11.8 Å². The van der Waals surface area contributed by atoms with Gasteiger partial charge in [-0.15, -0.1) is 0 Å². The average molecular weight is 409 g/mol. The highest BCUT2D eigenvalue weighted by Crippen LogP contribution is 2.32. The molecule has 0 heterocycles. The Morgan fingerprint density at radius 3 is 1.80 bits per heavy atom. The quantitative estimate of drug-likeness (QED) is 0.316. The van der Waals surface area contributed by atoms with E-state index >= 15 is 0 Å². The molecule has 2 aliphatic carbocycles. The highest BCUT2D eigenvalue weighted by molar-refractivity contribution is 6.01. The summed E-state index contributed by atoms with van der Waals surface area (Å²) in [5.41, 5.74) is 9.51. The molecule has 0 saturated heterocycles. The molecule has 0 amide bonds. The van der Waals surface area contributed by atoms with E-state index in [1.54, 1.807) is 0 Å². The van der Waals surface area contributed by atoms with Crippen LogP contribution in [0.15, 0.2) is 65.8 Å². The Bertz CT molecular complexity index is 717. The second kappa shape index (κ2) is 13.2. The molecule has 2 aromatic rings. The van der Waals surface area contributed by atoms with Crippen molar-refractivity contribution in [2.45, 2.75) is 77.7 Å². The van der Waals surface area contributed by atoms with Crippen LogP contribution in [0.5, 0.6) is 0 Å². The van der Waals surface area contributed by atoms with Crippen molar-refractivity contribution in [3.05, 3.63) is 71.8 Å². The van der Waals surface area contributed by atoms with Crippen LogP contribution >= 0.6 is 0 Å². The molecule has 0 bridgehead atoms. The number of hydrogen-bond acceptors (Lipinski definition) is 3. The minimum atomic E-state index is 0. The van der Waals surface area contributed by atoms with E-state index in [0.29, 0.717) is 11.8 Å². The third kappa shape index (κ3) is 6.98. The summed E-state index contributed by atoms with van der Waals surface area (Å²) in [6.45, 7) is 0. The van der Waals surface area contributed by atoms with Crippen LogP contribution in [0.3, 0.4) is 0 Å². The van der Waals surface area contributed by atoms with Gasteiger partial charge in [0.15, 0.2) is 0 Å². The Labute approximate surface area is 183 Å². The number of benzene rings is 2. The molecule has 0 aliphatic heterocycles. The molecule has 30 heavy (non-hydrogen) atoms. The second-order valence-electron chi connectivity index (χ2n) is 8.52. The van der Waals surface area contributed by atoms with Crippen molar-refractivity contribution in [2.24, 2.45) is 22.7 Å². The Hall–Kier alpha value is -2.13. The number of nitrogens with two attached hydrogens (primary N) is 1. The lowest BCUT2D eigenvalue weighted by molar-refractivity contribution is 0.308. The van der Waals surface area contributed by atoms with Crippen LogP contribution in [0.2, 0.25) is 0 Å². The number of rotatable bonds is 4. The second-order valence-corrected chi connectivity index (χ2v) is 8.52. The van der Waals surface area contributed by atoms with Gasteiger partial charge in [0.25, 0.3) is 0 Å². The molecule has 0 radical (unpaired) electrons. The summed E-state index contributed by atoms with van der Waals surface area (Å²) in [7, 11) is 0. The first-order valence-electron chi connectivity index (χ1n) is 11.4. The molecular formula is C27H40N2O. The molecular weight excluding hydrogens is 368 g/mol. The maximum atomic E-state index is 9.12. The molecule has 2 saturated carbocycles. The Morgan fingerprint density at radius 1 is 0.767 bits per heavy atom. The molecule has 0 aromatic heterocycles. The van der Waals surface area contributed by atoms with Crippen molar-refractivity contribution in [1.29, 1.82) is 0 Å². The van der Waals surface area contributed by atoms with Gasteiger partial charge in [0.1, 0.15) is 0 Å². The summed E-state index contributed by atoms with van der Waals surface area (Å²) in [6, 6.07) is 20.8. The van der Waals surface area contributed by atoms with Crippen molar-refractivity contribution in [2.75, 3.05) is 0 Å². The molecule has 1 atom stereocenters. The van der Waals surface area contributed by atoms with Gasteiger partial charge < -0.3 is 10.9 Å². The number of hydrogen-bond donors (Lipinski definition) is 2. The van der Waals surface area contributed by atoms with Crippen LogP contribution in [0.4, 0.5) is 0 Å². The molecule has 2 fully saturated rings. The van der Waals surface area contributed by atoms with Crippen molar-refractivity contribution in [3.63, 3.8) is 0 Å². The van der Waals surface area contributed by atoms with E-state index in [4.69, 9.17) is 10.9 Å². The summed E-state index contributed by atoms with van der Waals surface area (Å²) in [6.07, 6.45) is 12.9. The lowest BCUT2D eigenvalue weighted by Gasteiger charge is -2.27. The van der Waals surface area contributed by atoms with E-state index in [1.165, 1.54) is 56.9 Å².